The second kappa shape index (κ2) is 9.07. The molecule has 0 saturated carbocycles. The molecule has 2 heterocycles. The van der Waals surface area contributed by atoms with E-state index in [9.17, 15) is 18.4 Å². The molecule has 31 heavy (non-hydrogen) atoms. The van der Waals surface area contributed by atoms with Crippen molar-refractivity contribution >= 4 is 11.7 Å². The molecule has 4 rings (SSSR count). The maximum atomic E-state index is 13.6. The first-order valence-corrected chi connectivity index (χ1v) is 10.1. The van der Waals surface area contributed by atoms with Gasteiger partial charge in [-0.25, -0.2) is 8.78 Å². The zero-order valence-corrected chi connectivity index (χ0v) is 16.8. The van der Waals surface area contributed by atoms with Crippen LogP contribution >= 0.6 is 0 Å². The van der Waals surface area contributed by atoms with E-state index < -0.39 is 5.82 Å². The monoisotopic (exact) mass is 424 g/mol. The molecule has 2 aromatic carbocycles. The molecule has 1 amide bonds. The summed E-state index contributed by atoms with van der Waals surface area (Å²) >= 11 is 0. The minimum atomic E-state index is -0.454. The molecule has 1 aliphatic heterocycles. The van der Waals surface area contributed by atoms with Crippen molar-refractivity contribution in [2.24, 2.45) is 5.92 Å². The molecule has 0 spiro atoms. The van der Waals surface area contributed by atoms with Crippen molar-refractivity contribution in [2.45, 2.75) is 19.4 Å². The van der Waals surface area contributed by atoms with Crippen LogP contribution in [-0.2, 0) is 11.3 Å². The van der Waals surface area contributed by atoms with E-state index in [4.69, 9.17) is 0 Å². The van der Waals surface area contributed by atoms with Crippen molar-refractivity contribution in [3.8, 4) is 5.69 Å². The number of nitrogens with one attached hydrogen (secondary N) is 1. The fourth-order valence-electron chi connectivity index (χ4n) is 3.74. The van der Waals surface area contributed by atoms with Crippen LogP contribution in [0.1, 0.15) is 18.4 Å². The predicted molar refractivity (Wildman–Crippen MR) is 113 cm³/mol. The lowest BCUT2D eigenvalue weighted by atomic mass is 9.97. The first kappa shape index (κ1) is 20.7. The van der Waals surface area contributed by atoms with Gasteiger partial charge in [0.2, 0.25) is 5.91 Å². The topological polar surface area (TPSA) is 67.2 Å². The molecule has 0 bridgehead atoms. The number of hydrogen-bond acceptors (Lipinski definition) is 4. The second-order valence-corrected chi connectivity index (χ2v) is 7.55. The molecule has 3 aromatic rings. The Labute approximate surface area is 178 Å². The number of aromatic nitrogens is 2. The van der Waals surface area contributed by atoms with E-state index in [0.717, 1.165) is 17.5 Å². The lowest BCUT2D eigenvalue weighted by Crippen LogP contribution is -2.43. The number of halogens is 2. The highest BCUT2D eigenvalue weighted by atomic mass is 19.1. The van der Waals surface area contributed by atoms with E-state index >= 15 is 0 Å². The van der Waals surface area contributed by atoms with Crippen LogP contribution < -0.4 is 15.8 Å². The highest BCUT2D eigenvalue weighted by molar-refractivity contribution is 5.79. The van der Waals surface area contributed by atoms with Crippen molar-refractivity contribution in [1.82, 2.24) is 15.1 Å². The van der Waals surface area contributed by atoms with Crippen LogP contribution in [0.2, 0.25) is 0 Å². The molecule has 1 aromatic heterocycles. The number of hydrogen-bond donors (Lipinski definition) is 1. The number of amides is 1. The fourth-order valence-corrected chi connectivity index (χ4v) is 3.74. The van der Waals surface area contributed by atoms with Gasteiger partial charge in [0.25, 0.3) is 5.56 Å². The Hall–Kier alpha value is -3.55. The third kappa shape index (κ3) is 4.96. The number of carbonyl (C=O) groups is 1. The Morgan fingerprint density at radius 2 is 1.84 bits per heavy atom. The van der Waals surface area contributed by atoms with Crippen molar-refractivity contribution < 1.29 is 13.6 Å². The standard InChI is InChI=1S/C23H22F2N4O2/c24-18-6-1-4-16(12-18)14-26-23(31)17-5-3-11-28(15-17)21-9-10-22(30)29(27-21)20-8-2-7-19(25)13-20/h1-2,4,6-10,12-13,17H,3,5,11,14-15H2,(H,26,31)/t17-/m0/s1. The highest BCUT2D eigenvalue weighted by Gasteiger charge is 2.27. The number of anilines is 1. The largest absolute Gasteiger partial charge is 0.354 e. The summed E-state index contributed by atoms with van der Waals surface area (Å²) in [7, 11) is 0. The van der Waals surface area contributed by atoms with Crippen LogP contribution in [0.25, 0.3) is 5.69 Å². The van der Waals surface area contributed by atoms with E-state index in [0.29, 0.717) is 30.2 Å². The highest BCUT2D eigenvalue weighted by Crippen LogP contribution is 2.22. The van der Waals surface area contributed by atoms with Crippen molar-refractivity contribution in [2.75, 3.05) is 18.0 Å². The number of carbonyl (C=O) groups excluding carboxylic acids is 1. The molecular weight excluding hydrogens is 402 g/mol. The minimum Gasteiger partial charge on any atom is -0.354 e. The fraction of sp³-hybridized carbons (Fsp3) is 0.261. The molecule has 1 saturated heterocycles. The van der Waals surface area contributed by atoms with Gasteiger partial charge in [-0.2, -0.15) is 4.68 Å². The van der Waals surface area contributed by atoms with Crippen LogP contribution in [-0.4, -0.2) is 28.8 Å². The summed E-state index contributed by atoms with van der Waals surface area (Å²) in [5, 5.41) is 7.27. The van der Waals surface area contributed by atoms with Crippen molar-refractivity contribution in [3.05, 3.63) is 88.2 Å². The van der Waals surface area contributed by atoms with Gasteiger partial charge in [-0.15, -0.1) is 5.10 Å². The number of rotatable bonds is 5. The minimum absolute atomic E-state index is 0.104. The maximum absolute atomic E-state index is 13.6. The van der Waals surface area contributed by atoms with Gasteiger partial charge in [-0.05, 0) is 54.8 Å². The van der Waals surface area contributed by atoms with Gasteiger partial charge in [0.05, 0.1) is 11.6 Å². The normalized spacial score (nSPS) is 16.2. The molecule has 6 nitrogen and oxygen atoms in total. The third-order valence-corrected chi connectivity index (χ3v) is 5.31. The molecule has 1 N–H and O–H groups in total. The number of benzene rings is 2. The molecule has 160 valence electrons. The molecule has 8 heteroatoms. The van der Waals surface area contributed by atoms with E-state index in [1.54, 1.807) is 24.3 Å². The quantitative estimate of drug-likeness (QED) is 0.684. The Kier molecular flexibility index (Phi) is 6.06. The molecule has 1 atom stereocenters. The molecule has 0 unspecified atom stereocenters. The molecule has 0 radical (unpaired) electrons. The average Bonchev–Trinajstić information content (AvgIpc) is 2.78. The predicted octanol–water partition coefficient (Wildman–Crippen LogP) is 3.04. The van der Waals surface area contributed by atoms with Gasteiger partial charge in [-0.3, -0.25) is 9.59 Å². The summed E-state index contributed by atoms with van der Waals surface area (Å²) in [5.41, 5.74) is 0.675. The lowest BCUT2D eigenvalue weighted by molar-refractivity contribution is -0.125. The number of piperidine rings is 1. The Morgan fingerprint density at radius 3 is 2.61 bits per heavy atom. The van der Waals surface area contributed by atoms with Crippen LogP contribution in [0.5, 0.6) is 0 Å². The summed E-state index contributed by atoms with van der Waals surface area (Å²) in [4.78, 5) is 26.9. The third-order valence-electron chi connectivity index (χ3n) is 5.31. The Morgan fingerprint density at radius 1 is 1.06 bits per heavy atom. The van der Waals surface area contributed by atoms with E-state index in [1.807, 2.05) is 4.90 Å². The van der Waals surface area contributed by atoms with Crippen molar-refractivity contribution in [3.63, 3.8) is 0 Å². The second-order valence-electron chi connectivity index (χ2n) is 7.55. The Balaban J connectivity index is 1.46. The van der Waals surface area contributed by atoms with Gasteiger partial charge < -0.3 is 10.2 Å². The van der Waals surface area contributed by atoms with E-state index in [1.165, 1.54) is 36.4 Å². The summed E-state index contributed by atoms with van der Waals surface area (Å²) < 4.78 is 28.1. The van der Waals surface area contributed by atoms with E-state index in [2.05, 4.69) is 10.4 Å². The lowest BCUT2D eigenvalue weighted by Gasteiger charge is -2.33. The Bertz CT molecular complexity index is 1150. The van der Waals surface area contributed by atoms with Gasteiger partial charge in [0, 0.05) is 25.7 Å². The first-order valence-electron chi connectivity index (χ1n) is 10.1. The molecule has 1 fully saturated rings. The van der Waals surface area contributed by atoms with E-state index in [-0.39, 0.29) is 29.7 Å². The summed E-state index contributed by atoms with van der Waals surface area (Å²) in [6, 6.07) is 14.8. The zero-order chi connectivity index (χ0) is 21.8. The molecule has 1 aliphatic rings. The maximum Gasteiger partial charge on any atom is 0.271 e. The van der Waals surface area contributed by atoms with Crippen LogP contribution in [0.3, 0.4) is 0 Å². The summed E-state index contributed by atoms with van der Waals surface area (Å²) in [6.07, 6.45) is 1.52. The average molecular weight is 424 g/mol. The van der Waals surface area contributed by atoms with Crippen molar-refractivity contribution in [1.29, 1.82) is 0 Å². The smallest absolute Gasteiger partial charge is 0.271 e. The summed E-state index contributed by atoms with van der Waals surface area (Å²) in [6.45, 7) is 1.40. The van der Waals surface area contributed by atoms with Crippen LogP contribution in [0.15, 0.2) is 65.5 Å². The van der Waals surface area contributed by atoms with Crippen LogP contribution in [0, 0.1) is 17.6 Å². The van der Waals surface area contributed by atoms with Crippen LogP contribution in [0.4, 0.5) is 14.6 Å². The number of nitrogens with zero attached hydrogens (tertiary/aromatic N) is 3. The van der Waals surface area contributed by atoms with Gasteiger partial charge in [0.1, 0.15) is 17.5 Å². The van der Waals surface area contributed by atoms with Gasteiger partial charge >= 0.3 is 0 Å². The summed E-state index contributed by atoms with van der Waals surface area (Å²) in [5.74, 6) is -0.600. The molecule has 0 aliphatic carbocycles. The van der Waals surface area contributed by atoms with Gasteiger partial charge in [-0.1, -0.05) is 18.2 Å². The molecular formula is C23H22F2N4O2. The SMILES string of the molecule is O=C(NCc1cccc(F)c1)[C@H]1CCCN(c2ccc(=O)n(-c3cccc(F)c3)n2)C1. The first-order chi connectivity index (χ1) is 15.0. The zero-order valence-electron chi connectivity index (χ0n) is 16.8. The van der Waals surface area contributed by atoms with Gasteiger partial charge in [0.15, 0.2) is 0 Å².